The minimum atomic E-state index is -1.06. The Morgan fingerprint density at radius 3 is 2.68 bits per heavy atom. The van der Waals surface area contributed by atoms with Crippen molar-refractivity contribution in [2.75, 3.05) is 0 Å². The Morgan fingerprint density at radius 1 is 1.16 bits per heavy atom. The van der Waals surface area contributed by atoms with Crippen LogP contribution in [0.4, 0.5) is 0 Å². The van der Waals surface area contributed by atoms with E-state index in [0.29, 0.717) is 5.69 Å². The molecule has 0 saturated heterocycles. The lowest BCUT2D eigenvalue weighted by Gasteiger charge is -2.14. The molecule has 31 heavy (non-hydrogen) atoms. The highest BCUT2D eigenvalue weighted by Crippen LogP contribution is 2.24. The zero-order valence-corrected chi connectivity index (χ0v) is 17.9. The Kier molecular flexibility index (Phi) is 6.13. The molecule has 6 nitrogen and oxygen atoms in total. The summed E-state index contributed by atoms with van der Waals surface area (Å²) in [6.07, 6.45) is 3.02. The lowest BCUT2D eigenvalue weighted by molar-refractivity contribution is -0.141. The van der Waals surface area contributed by atoms with Crippen LogP contribution in [-0.4, -0.2) is 33.0 Å². The average Bonchev–Trinajstić information content (AvgIpc) is 3.40. The van der Waals surface area contributed by atoms with Gasteiger partial charge in [0.25, 0.3) is 0 Å². The van der Waals surface area contributed by atoms with Crippen molar-refractivity contribution < 1.29 is 14.7 Å². The van der Waals surface area contributed by atoms with Crippen molar-refractivity contribution in [1.82, 2.24) is 15.3 Å². The number of carboxylic acids is 1. The molecule has 4 aromatic rings. The molecule has 7 heteroatoms. The number of H-pyrrole nitrogens is 1. The number of nitrogens with zero attached hydrogens (tertiary/aromatic N) is 1. The number of thiazole rings is 1. The van der Waals surface area contributed by atoms with Gasteiger partial charge in [-0.3, -0.25) is 4.79 Å². The van der Waals surface area contributed by atoms with Gasteiger partial charge in [-0.2, -0.15) is 0 Å². The molecule has 2 heterocycles. The molecule has 2 aromatic heterocycles. The van der Waals surface area contributed by atoms with Crippen molar-refractivity contribution in [2.45, 2.75) is 32.2 Å². The molecule has 0 aliphatic carbocycles. The molecule has 0 unspecified atom stereocenters. The lowest BCUT2D eigenvalue weighted by atomic mass is 10.0. The fraction of sp³-hybridized carbons (Fsp3) is 0.208. The number of hydrogen-bond acceptors (Lipinski definition) is 4. The second-order valence-corrected chi connectivity index (χ2v) is 8.25. The number of nitrogens with one attached hydrogen (secondary N) is 2. The van der Waals surface area contributed by atoms with Crippen LogP contribution >= 0.6 is 11.3 Å². The maximum absolute atomic E-state index is 12.5. The Labute approximate surface area is 184 Å². The number of rotatable bonds is 8. The third-order valence-electron chi connectivity index (χ3n) is 5.23. The SMILES string of the molecule is CCc1ccc(-c2nc(CC(=O)N[C@H](Cc3c[nH]c4ccccc34)C(=O)O)cs2)cc1. The van der Waals surface area contributed by atoms with Crippen molar-refractivity contribution >= 4 is 34.1 Å². The van der Waals surface area contributed by atoms with Gasteiger partial charge in [-0.25, -0.2) is 9.78 Å². The van der Waals surface area contributed by atoms with Gasteiger partial charge >= 0.3 is 5.97 Å². The molecule has 3 N–H and O–H groups in total. The number of benzene rings is 2. The van der Waals surface area contributed by atoms with Crippen LogP contribution in [0.1, 0.15) is 23.7 Å². The van der Waals surface area contributed by atoms with Gasteiger partial charge in [0, 0.05) is 34.5 Å². The molecule has 2 aromatic carbocycles. The van der Waals surface area contributed by atoms with Crippen molar-refractivity contribution in [3.63, 3.8) is 0 Å². The molecule has 1 atom stereocenters. The second-order valence-electron chi connectivity index (χ2n) is 7.39. The van der Waals surface area contributed by atoms with E-state index >= 15 is 0 Å². The van der Waals surface area contributed by atoms with E-state index in [2.05, 4.69) is 34.3 Å². The van der Waals surface area contributed by atoms with Crippen LogP contribution in [0.5, 0.6) is 0 Å². The normalized spacial score (nSPS) is 12.0. The first-order valence-corrected chi connectivity index (χ1v) is 11.0. The van der Waals surface area contributed by atoms with Crippen LogP contribution in [0, 0.1) is 0 Å². The van der Waals surface area contributed by atoms with Gasteiger partial charge in [0.15, 0.2) is 0 Å². The summed E-state index contributed by atoms with van der Waals surface area (Å²) in [5.74, 6) is -1.42. The third-order valence-corrected chi connectivity index (χ3v) is 6.18. The fourth-order valence-electron chi connectivity index (χ4n) is 3.53. The smallest absolute Gasteiger partial charge is 0.326 e. The second kappa shape index (κ2) is 9.14. The number of amides is 1. The van der Waals surface area contributed by atoms with Gasteiger partial charge in [-0.15, -0.1) is 11.3 Å². The molecule has 4 rings (SSSR count). The van der Waals surface area contributed by atoms with Crippen LogP contribution in [0.25, 0.3) is 21.5 Å². The van der Waals surface area contributed by atoms with Crippen LogP contribution in [0.3, 0.4) is 0 Å². The predicted octanol–water partition coefficient (Wildman–Crippen LogP) is 4.21. The van der Waals surface area contributed by atoms with Crippen molar-refractivity contribution in [1.29, 1.82) is 0 Å². The highest BCUT2D eigenvalue weighted by atomic mass is 32.1. The third kappa shape index (κ3) is 4.83. The van der Waals surface area contributed by atoms with Gasteiger partial charge in [0.1, 0.15) is 11.0 Å². The first-order valence-electron chi connectivity index (χ1n) is 10.1. The Hall–Kier alpha value is -3.45. The molecule has 0 fully saturated rings. The molecule has 0 saturated carbocycles. The topological polar surface area (TPSA) is 95.1 Å². The number of aliphatic carboxylic acids is 1. The van der Waals surface area contributed by atoms with Crippen molar-refractivity contribution in [2.24, 2.45) is 0 Å². The van der Waals surface area contributed by atoms with E-state index in [9.17, 15) is 14.7 Å². The number of fused-ring (bicyclic) bond motifs is 1. The fourth-order valence-corrected chi connectivity index (χ4v) is 4.36. The summed E-state index contributed by atoms with van der Waals surface area (Å²) >= 11 is 1.48. The first kappa shape index (κ1) is 20.8. The van der Waals surface area contributed by atoms with E-state index in [-0.39, 0.29) is 18.7 Å². The molecule has 1 amide bonds. The van der Waals surface area contributed by atoms with Crippen LogP contribution in [0.2, 0.25) is 0 Å². The summed E-state index contributed by atoms with van der Waals surface area (Å²) in [6, 6.07) is 14.9. The number of carbonyl (C=O) groups is 2. The minimum Gasteiger partial charge on any atom is -0.480 e. The largest absolute Gasteiger partial charge is 0.480 e. The van der Waals surface area contributed by atoms with E-state index in [1.54, 1.807) is 6.20 Å². The highest BCUT2D eigenvalue weighted by molar-refractivity contribution is 7.13. The van der Waals surface area contributed by atoms with Crippen LogP contribution in [0.15, 0.2) is 60.1 Å². The number of carboxylic acid groups (broad SMARTS) is 1. The molecule has 0 aliphatic heterocycles. The number of aromatic amines is 1. The zero-order chi connectivity index (χ0) is 21.8. The molecule has 0 radical (unpaired) electrons. The zero-order valence-electron chi connectivity index (χ0n) is 17.1. The van der Waals surface area contributed by atoms with Crippen LogP contribution in [-0.2, 0) is 28.9 Å². The summed E-state index contributed by atoms with van der Waals surface area (Å²) in [4.78, 5) is 32.0. The summed E-state index contributed by atoms with van der Waals surface area (Å²) in [7, 11) is 0. The number of carbonyl (C=O) groups excluding carboxylic acids is 1. The van der Waals surface area contributed by atoms with E-state index in [0.717, 1.165) is 33.5 Å². The molecule has 0 bridgehead atoms. The Balaban J connectivity index is 1.41. The van der Waals surface area contributed by atoms with E-state index in [4.69, 9.17) is 0 Å². The molecular weight excluding hydrogens is 410 g/mol. The van der Waals surface area contributed by atoms with E-state index in [1.165, 1.54) is 16.9 Å². The van der Waals surface area contributed by atoms with Crippen LogP contribution < -0.4 is 5.32 Å². The Bertz CT molecular complexity index is 1210. The minimum absolute atomic E-state index is 0.0429. The van der Waals surface area contributed by atoms with E-state index in [1.807, 2.05) is 41.8 Å². The van der Waals surface area contributed by atoms with E-state index < -0.39 is 12.0 Å². The van der Waals surface area contributed by atoms with Crippen molar-refractivity contribution in [3.05, 3.63) is 76.9 Å². The molecular formula is C24H23N3O3S. The lowest BCUT2D eigenvalue weighted by Crippen LogP contribution is -2.43. The number of aromatic nitrogens is 2. The van der Waals surface area contributed by atoms with Gasteiger partial charge in [-0.1, -0.05) is 49.4 Å². The van der Waals surface area contributed by atoms with Gasteiger partial charge in [0.2, 0.25) is 5.91 Å². The van der Waals surface area contributed by atoms with Gasteiger partial charge in [0.05, 0.1) is 12.1 Å². The standard InChI is InChI=1S/C24H23N3O3S/c1-2-15-7-9-16(10-8-15)23-26-18(14-31-23)12-22(28)27-21(24(29)30)11-17-13-25-20-6-4-3-5-19(17)20/h3-10,13-14,21,25H,2,11-12H2,1H3,(H,27,28)(H,29,30)/t21-/m1/s1. The Morgan fingerprint density at radius 2 is 1.94 bits per heavy atom. The van der Waals surface area contributed by atoms with Crippen molar-refractivity contribution in [3.8, 4) is 10.6 Å². The first-order chi connectivity index (χ1) is 15.0. The number of aryl methyl sites for hydroxylation is 1. The maximum Gasteiger partial charge on any atom is 0.326 e. The highest BCUT2D eigenvalue weighted by Gasteiger charge is 2.22. The quantitative estimate of drug-likeness (QED) is 0.388. The molecule has 0 aliphatic rings. The molecule has 158 valence electrons. The van der Waals surface area contributed by atoms with Gasteiger partial charge in [-0.05, 0) is 23.6 Å². The number of para-hydroxylation sites is 1. The monoisotopic (exact) mass is 433 g/mol. The maximum atomic E-state index is 12.5. The number of hydrogen-bond donors (Lipinski definition) is 3. The summed E-state index contributed by atoms with van der Waals surface area (Å²) < 4.78 is 0. The molecule has 0 spiro atoms. The average molecular weight is 434 g/mol. The summed E-state index contributed by atoms with van der Waals surface area (Å²) in [6.45, 7) is 2.11. The van der Waals surface area contributed by atoms with Gasteiger partial charge < -0.3 is 15.4 Å². The summed E-state index contributed by atoms with van der Waals surface area (Å²) in [5.41, 5.74) is 4.70. The summed E-state index contributed by atoms with van der Waals surface area (Å²) in [5, 5.41) is 15.9. The predicted molar refractivity (Wildman–Crippen MR) is 122 cm³/mol.